The highest BCUT2D eigenvalue weighted by Crippen LogP contribution is 2.26. The maximum Gasteiger partial charge on any atom is 0.410 e. The molecule has 2 aliphatic heterocycles. The number of hydrogen-bond donors (Lipinski definition) is 2. The Kier molecular flexibility index (Phi) is 6.39. The molecule has 0 spiro atoms. The van der Waals surface area contributed by atoms with Gasteiger partial charge in [-0.1, -0.05) is 0 Å². The fraction of sp³-hybridized carbons (Fsp3) is 0.842. The van der Waals surface area contributed by atoms with E-state index in [0.717, 1.165) is 0 Å². The number of aliphatic hydroxyl groups excluding tert-OH is 1. The van der Waals surface area contributed by atoms with E-state index in [1.54, 1.807) is 23.6 Å². The van der Waals surface area contributed by atoms with Crippen LogP contribution in [0.3, 0.4) is 0 Å². The molecule has 0 aliphatic carbocycles. The molecule has 3 amide bonds. The summed E-state index contributed by atoms with van der Waals surface area (Å²) < 4.78 is 5.40. The van der Waals surface area contributed by atoms with Gasteiger partial charge in [0, 0.05) is 32.1 Å². The van der Waals surface area contributed by atoms with Gasteiger partial charge in [0.2, 0.25) is 11.8 Å². The number of rotatable bonds is 4. The molecule has 8 heteroatoms. The lowest BCUT2D eigenvalue weighted by atomic mass is 10.0. The molecule has 0 aromatic carbocycles. The second-order valence-electron chi connectivity index (χ2n) is 9.18. The van der Waals surface area contributed by atoms with Crippen molar-refractivity contribution in [2.24, 2.45) is 5.92 Å². The predicted octanol–water partition coefficient (Wildman–Crippen LogP) is 1.12. The van der Waals surface area contributed by atoms with Crippen molar-refractivity contribution in [1.29, 1.82) is 0 Å². The third-order valence-electron chi connectivity index (χ3n) is 4.94. The van der Waals surface area contributed by atoms with Gasteiger partial charge in [-0.05, 0) is 47.5 Å². The Hall–Kier alpha value is -1.83. The molecule has 0 saturated carbocycles. The summed E-state index contributed by atoms with van der Waals surface area (Å²) in [6.45, 7) is 10.3. The highest BCUT2D eigenvalue weighted by molar-refractivity contribution is 5.89. The quantitative estimate of drug-likeness (QED) is 0.758. The third kappa shape index (κ3) is 5.82. The zero-order valence-electron chi connectivity index (χ0n) is 17.1. The van der Waals surface area contributed by atoms with Crippen LogP contribution in [0.15, 0.2) is 0 Å². The van der Waals surface area contributed by atoms with Crippen molar-refractivity contribution in [2.45, 2.75) is 71.1 Å². The number of ether oxygens (including phenoxy) is 1. The van der Waals surface area contributed by atoms with E-state index in [1.165, 1.54) is 0 Å². The monoisotopic (exact) mass is 383 g/mol. The Morgan fingerprint density at radius 3 is 2.30 bits per heavy atom. The van der Waals surface area contributed by atoms with E-state index >= 15 is 0 Å². The molecule has 1 atom stereocenters. The number of aliphatic hydroxyl groups is 1. The molecule has 0 unspecified atom stereocenters. The molecule has 2 saturated heterocycles. The van der Waals surface area contributed by atoms with E-state index in [4.69, 9.17) is 4.74 Å². The Morgan fingerprint density at radius 2 is 1.78 bits per heavy atom. The maximum absolute atomic E-state index is 12.4. The summed E-state index contributed by atoms with van der Waals surface area (Å²) in [5.74, 6) is -0.615. The summed E-state index contributed by atoms with van der Waals surface area (Å²) in [7, 11) is 0. The Labute approximate surface area is 161 Å². The lowest BCUT2D eigenvalue weighted by Gasteiger charge is -2.37. The molecule has 2 N–H and O–H groups in total. The summed E-state index contributed by atoms with van der Waals surface area (Å²) in [4.78, 5) is 40.4. The van der Waals surface area contributed by atoms with Gasteiger partial charge in [-0.25, -0.2) is 4.79 Å². The highest BCUT2D eigenvalue weighted by Gasteiger charge is 2.40. The van der Waals surface area contributed by atoms with E-state index < -0.39 is 17.1 Å². The number of carbonyl (C=O) groups is 3. The van der Waals surface area contributed by atoms with Crippen LogP contribution in [-0.2, 0) is 14.3 Å². The molecular weight excluding hydrogens is 350 g/mol. The molecule has 0 aromatic heterocycles. The van der Waals surface area contributed by atoms with Gasteiger partial charge < -0.3 is 25.0 Å². The minimum Gasteiger partial charge on any atom is -0.444 e. The first kappa shape index (κ1) is 21.5. The highest BCUT2D eigenvalue weighted by atomic mass is 16.6. The van der Waals surface area contributed by atoms with Crippen LogP contribution in [0.5, 0.6) is 0 Å². The van der Waals surface area contributed by atoms with Crippen LogP contribution in [0.4, 0.5) is 4.79 Å². The minimum atomic E-state index is -0.702. The van der Waals surface area contributed by atoms with Crippen molar-refractivity contribution < 1.29 is 24.2 Å². The normalized spacial score (nSPS) is 22.1. The van der Waals surface area contributed by atoms with Crippen LogP contribution in [-0.4, -0.2) is 76.2 Å². The van der Waals surface area contributed by atoms with E-state index in [1.807, 2.05) is 20.8 Å². The van der Waals surface area contributed by atoms with Crippen LogP contribution >= 0.6 is 0 Å². The van der Waals surface area contributed by atoms with E-state index in [-0.39, 0.29) is 37.0 Å². The minimum absolute atomic E-state index is 0.0207. The molecule has 27 heavy (non-hydrogen) atoms. The van der Waals surface area contributed by atoms with Crippen molar-refractivity contribution in [3.63, 3.8) is 0 Å². The lowest BCUT2D eigenvalue weighted by molar-refractivity contribution is -0.131. The Bertz CT molecular complexity index is 576. The number of piperidine rings is 1. The molecule has 0 bridgehead atoms. The van der Waals surface area contributed by atoms with Crippen molar-refractivity contribution in [2.75, 3.05) is 26.2 Å². The molecule has 0 aromatic rings. The van der Waals surface area contributed by atoms with Crippen LogP contribution in [0, 0.1) is 5.92 Å². The van der Waals surface area contributed by atoms with Crippen LogP contribution < -0.4 is 5.32 Å². The molecule has 0 radical (unpaired) electrons. The maximum atomic E-state index is 12.4. The van der Waals surface area contributed by atoms with Crippen LogP contribution in [0.1, 0.15) is 53.9 Å². The average molecular weight is 383 g/mol. The zero-order valence-corrected chi connectivity index (χ0v) is 17.1. The third-order valence-corrected chi connectivity index (χ3v) is 4.94. The summed E-state index contributed by atoms with van der Waals surface area (Å²) in [5, 5.41) is 12.1. The van der Waals surface area contributed by atoms with Gasteiger partial charge in [0.05, 0.1) is 18.1 Å². The molecule has 2 aliphatic rings. The zero-order chi connectivity index (χ0) is 20.4. The second-order valence-corrected chi connectivity index (χ2v) is 9.18. The molecule has 2 heterocycles. The lowest BCUT2D eigenvalue weighted by Crippen LogP contribution is -2.50. The van der Waals surface area contributed by atoms with Crippen molar-refractivity contribution in [3.8, 4) is 0 Å². The van der Waals surface area contributed by atoms with Crippen molar-refractivity contribution in [1.82, 2.24) is 15.1 Å². The summed E-state index contributed by atoms with van der Waals surface area (Å²) in [6, 6.07) is 0.0415. The number of likely N-dealkylation sites (tertiary alicyclic amines) is 2. The smallest absolute Gasteiger partial charge is 0.410 e. The summed E-state index contributed by atoms with van der Waals surface area (Å²) >= 11 is 0. The van der Waals surface area contributed by atoms with Gasteiger partial charge in [0.25, 0.3) is 0 Å². The average Bonchev–Trinajstić information content (AvgIpc) is 2.95. The van der Waals surface area contributed by atoms with Crippen LogP contribution in [0.25, 0.3) is 0 Å². The summed E-state index contributed by atoms with van der Waals surface area (Å²) in [6.07, 6.45) is 1.24. The number of nitrogens with zero attached hydrogens (tertiary/aromatic N) is 2. The first-order valence-electron chi connectivity index (χ1n) is 9.62. The van der Waals surface area contributed by atoms with Gasteiger partial charge in [0.15, 0.2) is 0 Å². The summed E-state index contributed by atoms with van der Waals surface area (Å²) in [5.41, 5.74) is -1.23. The van der Waals surface area contributed by atoms with Crippen LogP contribution in [0.2, 0.25) is 0 Å². The molecule has 2 fully saturated rings. The Balaban J connectivity index is 1.87. The fourth-order valence-electron chi connectivity index (χ4n) is 3.42. The van der Waals surface area contributed by atoms with Gasteiger partial charge in [-0.2, -0.15) is 0 Å². The van der Waals surface area contributed by atoms with Crippen molar-refractivity contribution >= 4 is 17.9 Å². The molecule has 154 valence electrons. The number of nitrogens with one attached hydrogen (secondary N) is 1. The van der Waals surface area contributed by atoms with E-state index in [9.17, 15) is 19.5 Å². The fourth-order valence-corrected chi connectivity index (χ4v) is 3.42. The first-order valence-corrected chi connectivity index (χ1v) is 9.62. The first-order chi connectivity index (χ1) is 12.4. The SMILES string of the molecule is CC(C)(CO)NC(=O)[C@H]1CC(=O)N(C2CCN(C(=O)OC(C)(C)C)CC2)C1. The van der Waals surface area contributed by atoms with Crippen molar-refractivity contribution in [3.05, 3.63) is 0 Å². The predicted molar refractivity (Wildman–Crippen MR) is 100.0 cm³/mol. The number of amides is 3. The van der Waals surface area contributed by atoms with Gasteiger partial charge in [0.1, 0.15) is 5.60 Å². The van der Waals surface area contributed by atoms with Gasteiger partial charge in [-0.15, -0.1) is 0 Å². The number of carbonyl (C=O) groups excluding carboxylic acids is 3. The Morgan fingerprint density at radius 1 is 1.19 bits per heavy atom. The van der Waals surface area contributed by atoms with Gasteiger partial charge in [-0.3, -0.25) is 9.59 Å². The van der Waals surface area contributed by atoms with Gasteiger partial charge >= 0.3 is 6.09 Å². The molecular formula is C19H33N3O5. The molecule has 8 nitrogen and oxygen atoms in total. The number of hydrogen-bond acceptors (Lipinski definition) is 5. The topological polar surface area (TPSA) is 99.2 Å². The standard InChI is InChI=1S/C19H33N3O5/c1-18(2,3)27-17(26)21-8-6-14(7-9-21)22-11-13(10-15(22)24)16(25)20-19(4,5)12-23/h13-14,23H,6-12H2,1-5H3,(H,20,25)/t13-/m0/s1. The van der Waals surface area contributed by atoms with E-state index in [2.05, 4.69) is 5.32 Å². The second kappa shape index (κ2) is 8.04. The molecule has 2 rings (SSSR count). The van der Waals surface area contributed by atoms with E-state index in [0.29, 0.717) is 32.5 Å². The largest absolute Gasteiger partial charge is 0.444 e.